The van der Waals surface area contributed by atoms with E-state index in [1.54, 1.807) is 6.07 Å². The summed E-state index contributed by atoms with van der Waals surface area (Å²) in [4.78, 5) is 2.11. The van der Waals surface area contributed by atoms with E-state index in [0.29, 0.717) is 5.69 Å². The Bertz CT molecular complexity index is 362. The molecular formula is C12H17FN2S. The number of halogens is 1. The Labute approximate surface area is 100 Å². The molecule has 1 aromatic carbocycles. The van der Waals surface area contributed by atoms with E-state index >= 15 is 0 Å². The highest BCUT2D eigenvalue weighted by Crippen LogP contribution is 2.25. The van der Waals surface area contributed by atoms with Gasteiger partial charge in [0.1, 0.15) is 5.82 Å². The molecule has 0 aliphatic carbocycles. The van der Waals surface area contributed by atoms with Gasteiger partial charge in [-0.05, 0) is 24.6 Å². The van der Waals surface area contributed by atoms with Gasteiger partial charge in [0.2, 0.25) is 0 Å². The molecule has 0 saturated carbocycles. The first-order chi connectivity index (χ1) is 7.68. The van der Waals surface area contributed by atoms with Crippen LogP contribution in [0.3, 0.4) is 0 Å². The zero-order valence-electron chi connectivity index (χ0n) is 9.45. The van der Waals surface area contributed by atoms with Crippen LogP contribution < -0.4 is 10.6 Å². The van der Waals surface area contributed by atoms with Crippen molar-refractivity contribution in [2.45, 2.75) is 13.0 Å². The van der Waals surface area contributed by atoms with E-state index in [-0.39, 0.29) is 11.9 Å². The van der Waals surface area contributed by atoms with Crippen molar-refractivity contribution in [2.24, 2.45) is 5.73 Å². The summed E-state index contributed by atoms with van der Waals surface area (Å²) in [6, 6.07) is 5.22. The molecular weight excluding hydrogens is 223 g/mol. The number of anilines is 1. The summed E-state index contributed by atoms with van der Waals surface area (Å²) in [5.41, 5.74) is 7.29. The molecule has 1 aliphatic rings. The molecule has 0 radical (unpaired) electrons. The lowest BCUT2D eigenvalue weighted by Crippen LogP contribution is -2.33. The predicted octanol–water partition coefficient (Wildman–Crippen LogP) is 2.40. The fraction of sp³-hybridized carbons (Fsp3) is 0.500. The summed E-state index contributed by atoms with van der Waals surface area (Å²) in [6.07, 6.45) is 0. The van der Waals surface area contributed by atoms with Crippen molar-refractivity contribution in [3.8, 4) is 0 Å². The number of thioether (sulfide) groups is 1. The second kappa shape index (κ2) is 5.06. The van der Waals surface area contributed by atoms with Crippen molar-refractivity contribution in [2.75, 3.05) is 29.5 Å². The van der Waals surface area contributed by atoms with Crippen molar-refractivity contribution in [3.63, 3.8) is 0 Å². The molecule has 16 heavy (non-hydrogen) atoms. The van der Waals surface area contributed by atoms with Gasteiger partial charge in [0.25, 0.3) is 0 Å². The number of hydrogen-bond acceptors (Lipinski definition) is 3. The summed E-state index contributed by atoms with van der Waals surface area (Å²) < 4.78 is 13.9. The molecule has 1 aromatic rings. The minimum absolute atomic E-state index is 0.111. The van der Waals surface area contributed by atoms with E-state index in [1.165, 1.54) is 0 Å². The summed E-state index contributed by atoms with van der Waals surface area (Å²) in [7, 11) is 0. The Balaban J connectivity index is 2.21. The number of nitrogens with zero attached hydrogens (tertiary/aromatic N) is 1. The summed E-state index contributed by atoms with van der Waals surface area (Å²) in [5, 5.41) is 0. The molecule has 1 atom stereocenters. The fourth-order valence-electron chi connectivity index (χ4n) is 1.87. The minimum atomic E-state index is -0.151. The van der Waals surface area contributed by atoms with Gasteiger partial charge in [-0.1, -0.05) is 6.07 Å². The van der Waals surface area contributed by atoms with Crippen LogP contribution in [0.1, 0.15) is 18.5 Å². The molecule has 88 valence electrons. The van der Waals surface area contributed by atoms with Crippen molar-refractivity contribution < 1.29 is 4.39 Å². The molecule has 1 saturated heterocycles. The van der Waals surface area contributed by atoms with Crippen molar-refractivity contribution in [1.29, 1.82) is 0 Å². The van der Waals surface area contributed by atoms with Crippen molar-refractivity contribution in [3.05, 3.63) is 29.6 Å². The standard InChI is InChI=1S/C12H17FN2S/c1-9(14)10-2-3-12(11(13)8-10)15-4-6-16-7-5-15/h2-3,8-9H,4-7,14H2,1H3/t9-/m1/s1. The smallest absolute Gasteiger partial charge is 0.146 e. The predicted molar refractivity (Wildman–Crippen MR) is 68.5 cm³/mol. The third-order valence-corrected chi connectivity index (χ3v) is 3.79. The van der Waals surface area contributed by atoms with E-state index in [9.17, 15) is 4.39 Å². The van der Waals surface area contributed by atoms with Gasteiger partial charge in [-0.2, -0.15) is 11.8 Å². The van der Waals surface area contributed by atoms with Crippen LogP contribution >= 0.6 is 11.8 Å². The molecule has 1 fully saturated rings. The summed E-state index contributed by atoms with van der Waals surface area (Å²) in [5.74, 6) is 2.00. The van der Waals surface area contributed by atoms with Crippen LogP contribution in [-0.4, -0.2) is 24.6 Å². The zero-order valence-corrected chi connectivity index (χ0v) is 10.3. The van der Waals surface area contributed by atoms with Crippen LogP contribution in [0.4, 0.5) is 10.1 Å². The first-order valence-electron chi connectivity index (χ1n) is 5.56. The molecule has 2 nitrogen and oxygen atoms in total. The lowest BCUT2D eigenvalue weighted by atomic mass is 10.1. The van der Waals surface area contributed by atoms with Crippen LogP contribution in [0.25, 0.3) is 0 Å². The Morgan fingerprint density at radius 1 is 1.38 bits per heavy atom. The third-order valence-electron chi connectivity index (χ3n) is 2.85. The Morgan fingerprint density at radius 3 is 2.62 bits per heavy atom. The van der Waals surface area contributed by atoms with E-state index < -0.39 is 0 Å². The van der Waals surface area contributed by atoms with Crippen LogP contribution in [0.15, 0.2) is 18.2 Å². The van der Waals surface area contributed by atoms with Gasteiger partial charge in [0.05, 0.1) is 5.69 Å². The molecule has 2 rings (SSSR count). The van der Waals surface area contributed by atoms with Crippen molar-refractivity contribution >= 4 is 17.4 Å². The van der Waals surface area contributed by atoms with Crippen LogP contribution in [0.2, 0.25) is 0 Å². The van der Waals surface area contributed by atoms with Crippen LogP contribution in [0.5, 0.6) is 0 Å². The van der Waals surface area contributed by atoms with Crippen LogP contribution in [0, 0.1) is 5.82 Å². The largest absolute Gasteiger partial charge is 0.368 e. The Kier molecular flexibility index (Phi) is 3.71. The van der Waals surface area contributed by atoms with E-state index in [1.807, 2.05) is 30.8 Å². The summed E-state index contributed by atoms with van der Waals surface area (Å²) >= 11 is 1.92. The SMILES string of the molecule is C[C@@H](N)c1ccc(N2CCSCC2)c(F)c1. The van der Waals surface area contributed by atoms with Gasteiger partial charge in [0, 0.05) is 30.6 Å². The van der Waals surface area contributed by atoms with Crippen LogP contribution in [-0.2, 0) is 0 Å². The average Bonchev–Trinajstić information content (AvgIpc) is 2.30. The first-order valence-corrected chi connectivity index (χ1v) is 6.71. The second-order valence-corrected chi connectivity index (χ2v) is 5.32. The maximum Gasteiger partial charge on any atom is 0.146 e. The molecule has 0 bridgehead atoms. The molecule has 0 aromatic heterocycles. The lowest BCUT2D eigenvalue weighted by molar-refractivity contribution is 0.614. The van der Waals surface area contributed by atoms with E-state index in [2.05, 4.69) is 4.90 Å². The highest BCUT2D eigenvalue weighted by atomic mass is 32.2. The molecule has 0 unspecified atom stereocenters. The summed E-state index contributed by atoms with van der Waals surface area (Å²) in [6.45, 7) is 3.73. The molecule has 2 N–H and O–H groups in total. The Morgan fingerprint density at radius 2 is 2.06 bits per heavy atom. The van der Waals surface area contributed by atoms with Crippen molar-refractivity contribution in [1.82, 2.24) is 0 Å². The van der Waals surface area contributed by atoms with Gasteiger partial charge in [-0.15, -0.1) is 0 Å². The monoisotopic (exact) mass is 240 g/mol. The minimum Gasteiger partial charge on any atom is -0.368 e. The fourth-order valence-corrected chi connectivity index (χ4v) is 2.77. The molecule has 1 aliphatic heterocycles. The average molecular weight is 240 g/mol. The normalized spacial score (nSPS) is 18.6. The number of hydrogen-bond donors (Lipinski definition) is 1. The van der Waals surface area contributed by atoms with Gasteiger partial charge < -0.3 is 10.6 Å². The topological polar surface area (TPSA) is 29.3 Å². The first kappa shape index (κ1) is 11.7. The molecule has 0 amide bonds. The van der Waals surface area contributed by atoms with E-state index in [0.717, 1.165) is 30.2 Å². The van der Waals surface area contributed by atoms with Gasteiger partial charge in [0.15, 0.2) is 0 Å². The van der Waals surface area contributed by atoms with E-state index in [4.69, 9.17) is 5.73 Å². The number of benzene rings is 1. The lowest BCUT2D eigenvalue weighted by Gasteiger charge is -2.29. The van der Waals surface area contributed by atoms with Gasteiger partial charge in [-0.3, -0.25) is 0 Å². The second-order valence-electron chi connectivity index (χ2n) is 4.10. The molecule has 1 heterocycles. The number of nitrogens with two attached hydrogens (primary N) is 1. The quantitative estimate of drug-likeness (QED) is 0.860. The Hall–Kier alpha value is -0.740. The highest BCUT2D eigenvalue weighted by Gasteiger charge is 2.15. The maximum atomic E-state index is 13.9. The molecule has 0 spiro atoms. The zero-order chi connectivity index (χ0) is 11.5. The molecule has 4 heteroatoms. The van der Waals surface area contributed by atoms with Gasteiger partial charge in [-0.25, -0.2) is 4.39 Å². The third kappa shape index (κ3) is 2.50. The highest BCUT2D eigenvalue weighted by molar-refractivity contribution is 7.99. The van der Waals surface area contributed by atoms with Gasteiger partial charge >= 0.3 is 0 Å². The maximum absolute atomic E-state index is 13.9. The number of rotatable bonds is 2.